The van der Waals surface area contributed by atoms with Gasteiger partial charge in [-0.3, -0.25) is 4.79 Å². The van der Waals surface area contributed by atoms with E-state index >= 15 is 0 Å². The van der Waals surface area contributed by atoms with Crippen molar-refractivity contribution in [2.75, 3.05) is 7.11 Å². The van der Waals surface area contributed by atoms with Crippen molar-refractivity contribution in [2.45, 2.75) is 32.3 Å². The van der Waals surface area contributed by atoms with Crippen LogP contribution in [0.4, 0.5) is 0 Å². The Balaban J connectivity index is 1.85. The molecule has 0 heterocycles. The van der Waals surface area contributed by atoms with E-state index in [1.54, 1.807) is 0 Å². The van der Waals surface area contributed by atoms with Crippen molar-refractivity contribution in [1.29, 1.82) is 0 Å². The number of esters is 1. The molecule has 3 nitrogen and oxygen atoms in total. The molecule has 0 aromatic heterocycles. The maximum Gasteiger partial charge on any atom is 0.308 e. The van der Waals surface area contributed by atoms with Gasteiger partial charge in [0, 0.05) is 0 Å². The predicted molar refractivity (Wildman–Crippen MR) is 65.0 cm³/mol. The maximum absolute atomic E-state index is 11.2. The van der Waals surface area contributed by atoms with Crippen LogP contribution in [-0.4, -0.2) is 19.2 Å². The lowest BCUT2D eigenvalue weighted by molar-refractivity contribution is -0.151. The number of ether oxygens (including phenoxy) is 2. The first-order chi connectivity index (χ1) is 8.22. The van der Waals surface area contributed by atoms with Crippen molar-refractivity contribution < 1.29 is 14.3 Å². The van der Waals surface area contributed by atoms with Crippen molar-refractivity contribution in [2.24, 2.45) is 5.92 Å². The average molecular weight is 234 g/mol. The van der Waals surface area contributed by atoms with Gasteiger partial charge in [-0.05, 0) is 37.0 Å². The molecule has 1 saturated carbocycles. The summed E-state index contributed by atoms with van der Waals surface area (Å²) in [6, 6.07) is 8.12. The maximum atomic E-state index is 11.2. The Hall–Kier alpha value is -1.51. The molecule has 2 rings (SSSR count). The second-order valence-electron chi connectivity index (χ2n) is 4.43. The van der Waals surface area contributed by atoms with Crippen molar-refractivity contribution in [3.8, 4) is 5.75 Å². The summed E-state index contributed by atoms with van der Waals surface area (Å²) in [4.78, 5) is 11.2. The zero-order valence-corrected chi connectivity index (χ0v) is 10.3. The Labute approximate surface area is 102 Å². The number of rotatable bonds is 4. The summed E-state index contributed by atoms with van der Waals surface area (Å²) in [5.41, 5.74) is 1.27. The van der Waals surface area contributed by atoms with Crippen LogP contribution in [0.3, 0.4) is 0 Å². The SMILES string of the molecule is CCc1cccc(OC2CC(C(=O)OC)C2)c1. The second-order valence-corrected chi connectivity index (χ2v) is 4.43. The molecule has 1 aliphatic carbocycles. The van der Waals surface area contributed by atoms with Crippen molar-refractivity contribution in [1.82, 2.24) is 0 Å². The van der Waals surface area contributed by atoms with Crippen LogP contribution < -0.4 is 4.74 Å². The largest absolute Gasteiger partial charge is 0.490 e. The van der Waals surface area contributed by atoms with Crippen LogP contribution in [-0.2, 0) is 16.0 Å². The van der Waals surface area contributed by atoms with E-state index in [1.807, 2.05) is 12.1 Å². The van der Waals surface area contributed by atoms with Crippen LogP contribution in [0.2, 0.25) is 0 Å². The molecule has 1 aliphatic rings. The van der Waals surface area contributed by atoms with Crippen LogP contribution >= 0.6 is 0 Å². The highest BCUT2D eigenvalue weighted by Gasteiger charge is 2.36. The molecule has 0 N–H and O–H groups in total. The summed E-state index contributed by atoms with van der Waals surface area (Å²) < 4.78 is 10.5. The van der Waals surface area contributed by atoms with Gasteiger partial charge >= 0.3 is 5.97 Å². The number of methoxy groups -OCH3 is 1. The highest BCUT2D eigenvalue weighted by atomic mass is 16.5. The van der Waals surface area contributed by atoms with Crippen LogP contribution in [0.1, 0.15) is 25.3 Å². The summed E-state index contributed by atoms with van der Waals surface area (Å²) in [7, 11) is 1.43. The summed E-state index contributed by atoms with van der Waals surface area (Å²) >= 11 is 0. The Bertz CT molecular complexity index is 394. The van der Waals surface area contributed by atoms with E-state index in [0.29, 0.717) is 0 Å². The van der Waals surface area contributed by atoms with E-state index in [0.717, 1.165) is 25.0 Å². The fourth-order valence-electron chi connectivity index (χ4n) is 2.05. The van der Waals surface area contributed by atoms with Gasteiger partial charge in [0.2, 0.25) is 0 Å². The van der Waals surface area contributed by atoms with Gasteiger partial charge in [0.25, 0.3) is 0 Å². The van der Waals surface area contributed by atoms with Crippen LogP contribution in [0.5, 0.6) is 5.75 Å². The molecule has 0 aliphatic heterocycles. The van der Waals surface area contributed by atoms with E-state index in [9.17, 15) is 4.79 Å². The lowest BCUT2D eigenvalue weighted by Gasteiger charge is -2.33. The lowest BCUT2D eigenvalue weighted by Crippen LogP contribution is -2.38. The highest BCUT2D eigenvalue weighted by molar-refractivity contribution is 5.73. The molecular weight excluding hydrogens is 216 g/mol. The zero-order chi connectivity index (χ0) is 12.3. The van der Waals surface area contributed by atoms with Gasteiger partial charge < -0.3 is 9.47 Å². The molecule has 0 amide bonds. The molecule has 1 aromatic rings. The van der Waals surface area contributed by atoms with Crippen LogP contribution in [0.25, 0.3) is 0 Å². The van der Waals surface area contributed by atoms with Gasteiger partial charge in [-0.1, -0.05) is 19.1 Å². The number of carbonyl (C=O) groups excluding carboxylic acids is 1. The first kappa shape index (κ1) is 12.0. The molecular formula is C14H18O3. The zero-order valence-electron chi connectivity index (χ0n) is 10.3. The Morgan fingerprint density at radius 2 is 2.18 bits per heavy atom. The first-order valence-corrected chi connectivity index (χ1v) is 6.06. The number of hydrogen-bond donors (Lipinski definition) is 0. The topological polar surface area (TPSA) is 35.5 Å². The van der Waals surface area contributed by atoms with E-state index < -0.39 is 0 Å². The fraction of sp³-hybridized carbons (Fsp3) is 0.500. The molecule has 17 heavy (non-hydrogen) atoms. The molecule has 92 valence electrons. The molecule has 3 heteroatoms. The number of carbonyl (C=O) groups is 1. The standard InChI is InChI=1S/C14H18O3/c1-3-10-5-4-6-12(7-10)17-13-8-11(9-13)14(15)16-2/h4-7,11,13H,3,8-9H2,1-2H3. The third-order valence-corrected chi connectivity index (χ3v) is 3.24. The predicted octanol–water partition coefficient (Wildman–Crippen LogP) is 2.58. The third kappa shape index (κ3) is 2.78. The Morgan fingerprint density at radius 1 is 1.41 bits per heavy atom. The van der Waals surface area contributed by atoms with Gasteiger partial charge in [-0.15, -0.1) is 0 Å². The smallest absolute Gasteiger partial charge is 0.308 e. The number of benzene rings is 1. The quantitative estimate of drug-likeness (QED) is 0.751. The third-order valence-electron chi connectivity index (χ3n) is 3.24. The molecule has 0 radical (unpaired) electrons. The minimum absolute atomic E-state index is 0.0272. The number of aryl methyl sites for hydroxylation is 1. The highest BCUT2D eigenvalue weighted by Crippen LogP contribution is 2.32. The van der Waals surface area contributed by atoms with Gasteiger partial charge in [-0.2, -0.15) is 0 Å². The fourth-order valence-corrected chi connectivity index (χ4v) is 2.05. The monoisotopic (exact) mass is 234 g/mol. The summed E-state index contributed by atoms with van der Waals surface area (Å²) in [6.45, 7) is 2.12. The lowest BCUT2D eigenvalue weighted by atomic mass is 9.82. The van der Waals surface area contributed by atoms with E-state index in [-0.39, 0.29) is 18.0 Å². The van der Waals surface area contributed by atoms with E-state index in [4.69, 9.17) is 9.47 Å². The molecule has 0 saturated heterocycles. The molecule has 0 unspecified atom stereocenters. The summed E-state index contributed by atoms with van der Waals surface area (Å²) in [6.07, 6.45) is 2.70. The van der Waals surface area contributed by atoms with Crippen molar-refractivity contribution >= 4 is 5.97 Å². The molecule has 1 fully saturated rings. The summed E-state index contributed by atoms with van der Waals surface area (Å²) in [5, 5.41) is 0. The molecule has 0 bridgehead atoms. The minimum atomic E-state index is -0.118. The average Bonchev–Trinajstić information content (AvgIpc) is 2.32. The van der Waals surface area contributed by atoms with E-state index in [2.05, 4.69) is 19.1 Å². The van der Waals surface area contributed by atoms with Crippen LogP contribution in [0, 0.1) is 5.92 Å². The molecule has 0 atom stereocenters. The van der Waals surface area contributed by atoms with Crippen LogP contribution in [0.15, 0.2) is 24.3 Å². The molecule has 1 aromatic carbocycles. The van der Waals surface area contributed by atoms with Gasteiger partial charge in [0.15, 0.2) is 0 Å². The van der Waals surface area contributed by atoms with E-state index in [1.165, 1.54) is 12.7 Å². The van der Waals surface area contributed by atoms with Gasteiger partial charge in [0.1, 0.15) is 11.9 Å². The van der Waals surface area contributed by atoms with Gasteiger partial charge in [0.05, 0.1) is 13.0 Å². The first-order valence-electron chi connectivity index (χ1n) is 6.06. The van der Waals surface area contributed by atoms with Crippen molar-refractivity contribution in [3.05, 3.63) is 29.8 Å². The normalized spacial score (nSPS) is 22.7. The second kappa shape index (κ2) is 5.21. The number of hydrogen-bond acceptors (Lipinski definition) is 3. The Kier molecular flexibility index (Phi) is 3.67. The van der Waals surface area contributed by atoms with Crippen molar-refractivity contribution in [3.63, 3.8) is 0 Å². The van der Waals surface area contributed by atoms with Gasteiger partial charge in [-0.25, -0.2) is 0 Å². The summed E-state index contributed by atoms with van der Waals surface area (Å²) in [5.74, 6) is 0.809. The Morgan fingerprint density at radius 3 is 2.82 bits per heavy atom. The minimum Gasteiger partial charge on any atom is -0.490 e. The molecule has 0 spiro atoms.